The molecule has 0 fully saturated rings. The number of hydrogen-bond donors (Lipinski definition) is 1. The lowest BCUT2D eigenvalue weighted by atomic mass is 10.0. The molecule has 0 aliphatic carbocycles. The molecule has 0 saturated heterocycles. The Bertz CT molecular complexity index is 1180. The molecule has 0 unspecified atom stereocenters. The first kappa shape index (κ1) is 19.6. The summed E-state index contributed by atoms with van der Waals surface area (Å²) in [6.07, 6.45) is 3.56. The first-order valence-corrected chi connectivity index (χ1v) is 9.97. The molecule has 0 amide bonds. The number of nitrogens with zero attached hydrogens (tertiary/aromatic N) is 5. The molecule has 1 N–H and O–H groups in total. The van der Waals surface area contributed by atoms with Crippen LogP contribution in [0.5, 0.6) is 0 Å². The second-order valence-corrected chi connectivity index (χ2v) is 7.01. The number of fused-ring (bicyclic) bond motifs is 1. The predicted molar refractivity (Wildman–Crippen MR) is 116 cm³/mol. The van der Waals surface area contributed by atoms with Crippen LogP contribution in [-0.2, 0) is 6.42 Å². The van der Waals surface area contributed by atoms with Crippen LogP contribution in [0.25, 0.3) is 16.9 Å². The van der Waals surface area contributed by atoms with Crippen molar-refractivity contribution in [1.29, 1.82) is 0 Å². The van der Waals surface area contributed by atoms with Crippen LogP contribution in [-0.4, -0.2) is 43.9 Å². The SMILES string of the molecule is CCN(CC)c1nc(-n2cc(C(=O)O)cn2)nc2ccc(Cc3ccccc3)cc12. The molecule has 4 rings (SSSR count). The Hall–Kier alpha value is -3.74. The van der Waals surface area contributed by atoms with E-state index in [0.29, 0.717) is 5.95 Å². The van der Waals surface area contributed by atoms with E-state index in [0.717, 1.165) is 36.2 Å². The maximum absolute atomic E-state index is 11.2. The van der Waals surface area contributed by atoms with E-state index in [1.807, 2.05) is 24.3 Å². The quantitative estimate of drug-likeness (QED) is 0.505. The number of hydrogen-bond acceptors (Lipinski definition) is 5. The van der Waals surface area contributed by atoms with Crippen molar-refractivity contribution in [3.8, 4) is 5.95 Å². The maximum Gasteiger partial charge on any atom is 0.338 e. The highest BCUT2D eigenvalue weighted by molar-refractivity contribution is 5.91. The van der Waals surface area contributed by atoms with E-state index >= 15 is 0 Å². The average Bonchev–Trinajstić information content (AvgIpc) is 3.26. The topological polar surface area (TPSA) is 84.1 Å². The van der Waals surface area contributed by atoms with E-state index in [2.05, 4.69) is 53.1 Å². The molecule has 2 aromatic heterocycles. The van der Waals surface area contributed by atoms with E-state index in [1.54, 1.807) is 0 Å². The smallest absolute Gasteiger partial charge is 0.338 e. The number of anilines is 1. The number of benzene rings is 2. The van der Waals surface area contributed by atoms with E-state index < -0.39 is 5.97 Å². The Morgan fingerprint density at radius 3 is 2.47 bits per heavy atom. The van der Waals surface area contributed by atoms with Gasteiger partial charge in [-0.25, -0.2) is 14.5 Å². The van der Waals surface area contributed by atoms with Gasteiger partial charge in [0, 0.05) is 24.7 Å². The third kappa shape index (κ3) is 3.87. The highest BCUT2D eigenvalue weighted by atomic mass is 16.4. The predicted octanol–water partition coefficient (Wildman–Crippen LogP) is 3.95. The van der Waals surface area contributed by atoms with Gasteiger partial charge < -0.3 is 10.0 Å². The fourth-order valence-corrected chi connectivity index (χ4v) is 3.50. The molecule has 0 atom stereocenters. The summed E-state index contributed by atoms with van der Waals surface area (Å²) < 4.78 is 1.41. The van der Waals surface area contributed by atoms with Crippen molar-refractivity contribution in [2.75, 3.05) is 18.0 Å². The molecule has 0 spiro atoms. The molecule has 30 heavy (non-hydrogen) atoms. The molecule has 7 heteroatoms. The van der Waals surface area contributed by atoms with Crippen molar-refractivity contribution < 1.29 is 9.90 Å². The van der Waals surface area contributed by atoms with Crippen molar-refractivity contribution in [3.05, 3.63) is 77.6 Å². The molecule has 2 heterocycles. The van der Waals surface area contributed by atoms with Gasteiger partial charge in [-0.2, -0.15) is 10.1 Å². The van der Waals surface area contributed by atoms with Crippen LogP contribution in [0.15, 0.2) is 60.9 Å². The fraction of sp³-hybridized carbons (Fsp3) is 0.217. The van der Waals surface area contributed by atoms with Crippen molar-refractivity contribution >= 4 is 22.7 Å². The molecule has 152 valence electrons. The first-order valence-electron chi connectivity index (χ1n) is 9.97. The molecule has 0 bridgehead atoms. The first-order chi connectivity index (χ1) is 14.6. The zero-order chi connectivity index (χ0) is 21.1. The lowest BCUT2D eigenvalue weighted by Crippen LogP contribution is -2.24. The average molecular weight is 401 g/mol. The minimum atomic E-state index is -1.03. The van der Waals surface area contributed by atoms with E-state index in [9.17, 15) is 9.90 Å². The van der Waals surface area contributed by atoms with E-state index in [1.165, 1.54) is 28.2 Å². The van der Waals surface area contributed by atoms with Crippen molar-refractivity contribution in [1.82, 2.24) is 19.7 Å². The van der Waals surface area contributed by atoms with E-state index in [4.69, 9.17) is 4.98 Å². The lowest BCUT2D eigenvalue weighted by molar-refractivity contribution is 0.0697. The zero-order valence-corrected chi connectivity index (χ0v) is 17.0. The number of aromatic carboxylic acids is 1. The molecule has 0 saturated carbocycles. The van der Waals surface area contributed by atoms with Crippen LogP contribution in [0.2, 0.25) is 0 Å². The summed E-state index contributed by atoms with van der Waals surface area (Å²) in [4.78, 5) is 22.8. The van der Waals surface area contributed by atoms with Gasteiger partial charge in [0.25, 0.3) is 5.95 Å². The monoisotopic (exact) mass is 401 g/mol. The molecular formula is C23H23N5O2. The Morgan fingerprint density at radius 2 is 1.80 bits per heavy atom. The number of carboxylic acids is 1. The highest BCUT2D eigenvalue weighted by Gasteiger charge is 2.16. The normalized spacial score (nSPS) is 11.0. The Labute approximate surface area is 174 Å². The summed E-state index contributed by atoms with van der Waals surface area (Å²) >= 11 is 0. The summed E-state index contributed by atoms with van der Waals surface area (Å²) in [5.74, 6) is 0.145. The number of carboxylic acid groups (broad SMARTS) is 1. The summed E-state index contributed by atoms with van der Waals surface area (Å²) in [5, 5.41) is 14.3. The van der Waals surface area contributed by atoms with E-state index in [-0.39, 0.29) is 5.56 Å². The zero-order valence-electron chi connectivity index (χ0n) is 17.0. The van der Waals surface area contributed by atoms with Crippen LogP contribution in [0, 0.1) is 0 Å². The molecular weight excluding hydrogens is 378 g/mol. The second kappa shape index (κ2) is 8.32. The maximum atomic E-state index is 11.2. The van der Waals surface area contributed by atoms with Crippen LogP contribution in [0.4, 0.5) is 5.82 Å². The van der Waals surface area contributed by atoms with Crippen LogP contribution in [0.1, 0.15) is 35.3 Å². The minimum absolute atomic E-state index is 0.0984. The third-order valence-electron chi connectivity index (χ3n) is 5.08. The van der Waals surface area contributed by atoms with Gasteiger partial charge in [0.15, 0.2) is 0 Å². The summed E-state index contributed by atoms with van der Waals surface area (Å²) in [7, 11) is 0. The molecule has 0 aliphatic heterocycles. The van der Waals surface area contributed by atoms with Gasteiger partial charge in [0.05, 0.1) is 17.3 Å². The Kier molecular flexibility index (Phi) is 5.43. The van der Waals surface area contributed by atoms with Gasteiger partial charge in [-0.05, 0) is 43.5 Å². The van der Waals surface area contributed by atoms with Crippen molar-refractivity contribution in [2.45, 2.75) is 20.3 Å². The second-order valence-electron chi connectivity index (χ2n) is 7.01. The van der Waals surface area contributed by atoms with Crippen LogP contribution < -0.4 is 4.90 Å². The van der Waals surface area contributed by atoms with Gasteiger partial charge >= 0.3 is 5.97 Å². The number of aromatic nitrogens is 4. The van der Waals surface area contributed by atoms with Crippen molar-refractivity contribution in [3.63, 3.8) is 0 Å². The number of carbonyl (C=O) groups is 1. The van der Waals surface area contributed by atoms with Crippen LogP contribution >= 0.6 is 0 Å². The molecule has 4 aromatic rings. The summed E-state index contributed by atoms with van der Waals surface area (Å²) in [6, 6.07) is 16.6. The largest absolute Gasteiger partial charge is 0.478 e. The molecule has 0 aliphatic rings. The molecule has 7 nitrogen and oxygen atoms in total. The van der Waals surface area contributed by atoms with Gasteiger partial charge in [-0.15, -0.1) is 0 Å². The molecule has 0 radical (unpaired) electrons. The summed E-state index contributed by atoms with van der Waals surface area (Å²) in [5.41, 5.74) is 3.33. The lowest BCUT2D eigenvalue weighted by Gasteiger charge is -2.22. The van der Waals surface area contributed by atoms with Gasteiger partial charge in [0.2, 0.25) is 0 Å². The van der Waals surface area contributed by atoms with Gasteiger partial charge in [-0.3, -0.25) is 0 Å². The van der Waals surface area contributed by atoms with Crippen molar-refractivity contribution in [2.24, 2.45) is 0 Å². The Morgan fingerprint density at radius 1 is 1.03 bits per heavy atom. The van der Waals surface area contributed by atoms with Gasteiger partial charge in [-0.1, -0.05) is 36.4 Å². The van der Waals surface area contributed by atoms with Gasteiger partial charge in [0.1, 0.15) is 5.82 Å². The fourth-order valence-electron chi connectivity index (χ4n) is 3.50. The third-order valence-corrected chi connectivity index (χ3v) is 5.08. The number of rotatable bonds is 7. The summed E-state index contributed by atoms with van der Waals surface area (Å²) in [6.45, 7) is 5.76. The minimum Gasteiger partial charge on any atom is -0.478 e. The molecule has 2 aromatic carbocycles. The standard InChI is InChI=1S/C23H23N5O2/c1-3-27(4-2)21-19-13-17(12-16-8-6-5-7-9-16)10-11-20(19)25-23(26-21)28-15-18(14-24-28)22(29)30/h5-11,13-15H,3-4,12H2,1-2H3,(H,29,30). The van der Waals surface area contributed by atoms with Crippen LogP contribution in [0.3, 0.4) is 0 Å². The Balaban J connectivity index is 1.82. The highest BCUT2D eigenvalue weighted by Crippen LogP contribution is 2.27.